The number of nitrogens with zero attached hydrogens (tertiary/aromatic N) is 2. The minimum atomic E-state index is -0.354. The molecule has 20 heavy (non-hydrogen) atoms. The number of carbonyl (C=O) groups is 1. The highest BCUT2D eigenvalue weighted by Crippen LogP contribution is 2.25. The predicted octanol–water partition coefficient (Wildman–Crippen LogP) is 3.66. The molecule has 0 amide bonds. The van der Waals surface area contributed by atoms with Crippen LogP contribution < -0.4 is 0 Å². The van der Waals surface area contributed by atoms with E-state index in [1.807, 2.05) is 6.07 Å². The van der Waals surface area contributed by atoms with Crippen molar-refractivity contribution in [1.82, 2.24) is 9.97 Å². The summed E-state index contributed by atoms with van der Waals surface area (Å²) in [6.07, 6.45) is 0. The molecule has 0 bridgehead atoms. The van der Waals surface area contributed by atoms with E-state index in [0.717, 1.165) is 22.4 Å². The number of carbonyl (C=O) groups excluding carboxylic acids is 1. The van der Waals surface area contributed by atoms with Gasteiger partial charge in [-0.3, -0.25) is 0 Å². The Morgan fingerprint density at radius 3 is 2.05 bits per heavy atom. The van der Waals surface area contributed by atoms with E-state index >= 15 is 0 Å². The molecule has 0 atom stereocenters. The van der Waals surface area contributed by atoms with E-state index in [1.54, 1.807) is 12.1 Å². The van der Waals surface area contributed by atoms with Crippen LogP contribution in [0.4, 0.5) is 0 Å². The Balaban J connectivity index is 2.65. The molecule has 0 aliphatic heterocycles. The monoisotopic (exact) mass is 272 g/mol. The van der Waals surface area contributed by atoms with E-state index in [0.29, 0.717) is 17.4 Å². The van der Waals surface area contributed by atoms with Crippen LogP contribution in [0.5, 0.6) is 0 Å². The van der Waals surface area contributed by atoms with Gasteiger partial charge in [-0.25, -0.2) is 14.8 Å². The van der Waals surface area contributed by atoms with Crippen molar-refractivity contribution in [3.63, 3.8) is 0 Å². The second-order valence-electron chi connectivity index (χ2n) is 5.50. The highest BCUT2D eigenvalue weighted by molar-refractivity contribution is 5.93. The fourth-order valence-corrected chi connectivity index (χ4v) is 2.18. The summed E-state index contributed by atoms with van der Waals surface area (Å²) in [5.74, 6) is 0.267. The maximum absolute atomic E-state index is 11.6. The van der Waals surface area contributed by atoms with Crippen LogP contribution in [0.3, 0.4) is 0 Å². The van der Waals surface area contributed by atoms with Crippen LogP contribution >= 0.6 is 0 Å². The molecular weight excluding hydrogens is 252 g/mol. The van der Waals surface area contributed by atoms with Crippen molar-refractivity contribution in [1.29, 1.82) is 0 Å². The Bertz CT molecular complexity index is 648. The summed E-state index contributed by atoms with van der Waals surface area (Å²) in [4.78, 5) is 21.0. The Morgan fingerprint density at radius 1 is 1.00 bits per heavy atom. The lowest BCUT2D eigenvalue weighted by atomic mass is 10.00. The average molecular weight is 272 g/mol. The molecule has 0 radical (unpaired) electrons. The van der Waals surface area contributed by atoms with Gasteiger partial charge < -0.3 is 4.74 Å². The van der Waals surface area contributed by atoms with E-state index in [1.165, 1.54) is 7.11 Å². The molecule has 1 heterocycles. The highest BCUT2D eigenvalue weighted by Gasteiger charge is 2.16. The van der Waals surface area contributed by atoms with Crippen LogP contribution in [0.1, 0.15) is 61.3 Å². The molecule has 0 aliphatic rings. The van der Waals surface area contributed by atoms with Crippen LogP contribution in [0.15, 0.2) is 18.2 Å². The van der Waals surface area contributed by atoms with E-state index in [-0.39, 0.29) is 5.97 Å². The fourth-order valence-electron chi connectivity index (χ4n) is 2.18. The Morgan fingerprint density at radius 2 is 1.55 bits per heavy atom. The third-order valence-electron chi connectivity index (χ3n) is 3.23. The van der Waals surface area contributed by atoms with Crippen molar-refractivity contribution in [3.05, 3.63) is 35.2 Å². The first-order valence-electron chi connectivity index (χ1n) is 6.84. The molecule has 0 unspecified atom stereocenters. The summed E-state index contributed by atoms with van der Waals surface area (Å²) in [6, 6.07) is 5.29. The van der Waals surface area contributed by atoms with Crippen molar-refractivity contribution in [2.24, 2.45) is 0 Å². The number of hydrogen-bond acceptors (Lipinski definition) is 4. The van der Waals surface area contributed by atoms with Gasteiger partial charge in [-0.05, 0) is 30.0 Å². The number of aromatic nitrogens is 2. The van der Waals surface area contributed by atoms with Crippen LogP contribution in [-0.2, 0) is 4.74 Å². The fraction of sp³-hybridized carbons (Fsp3) is 0.438. The van der Waals surface area contributed by atoms with E-state index in [9.17, 15) is 4.79 Å². The number of rotatable bonds is 3. The van der Waals surface area contributed by atoms with Gasteiger partial charge in [0, 0.05) is 0 Å². The Labute approximate surface area is 119 Å². The third-order valence-corrected chi connectivity index (χ3v) is 3.23. The van der Waals surface area contributed by atoms with E-state index in [2.05, 4.69) is 27.7 Å². The highest BCUT2D eigenvalue weighted by atomic mass is 16.5. The molecule has 1 aromatic carbocycles. The molecule has 1 aromatic heterocycles. The molecule has 0 fully saturated rings. The van der Waals surface area contributed by atoms with Gasteiger partial charge in [0.15, 0.2) is 0 Å². The maximum atomic E-state index is 11.6. The van der Waals surface area contributed by atoms with Crippen molar-refractivity contribution in [3.8, 4) is 0 Å². The average Bonchev–Trinajstić information content (AvgIpc) is 2.44. The van der Waals surface area contributed by atoms with Gasteiger partial charge in [-0.2, -0.15) is 0 Å². The lowest BCUT2D eigenvalue weighted by Crippen LogP contribution is -2.07. The first-order chi connectivity index (χ1) is 9.43. The molecule has 0 N–H and O–H groups in total. The number of esters is 1. The Hall–Kier alpha value is -1.97. The molecule has 0 spiro atoms. The lowest BCUT2D eigenvalue weighted by molar-refractivity contribution is 0.0601. The topological polar surface area (TPSA) is 52.1 Å². The van der Waals surface area contributed by atoms with Gasteiger partial charge in [0.25, 0.3) is 0 Å². The molecule has 4 nitrogen and oxygen atoms in total. The largest absolute Gasteiger partial charge is 0.465 e. The number of methoxy groups -OCH3 is 1. The standard InChI is InChI=1S/C16H20N2O2/c1-9(2)14-15(10(3)4)18-13-8-11(16(19)20-5)6-7-12(13)17-14/h6-10H,1-5H3. The molecule has 2 aromatic rings. The number of benzene rings is 1. The maximum Gasteiger partial charge on any atom is 0.337 e. The quantitative estimate of drug-likeness (QED) is 0.800. The summed E-state index contributed by atoms with van der Waals surface area (Å²) in [6.45, 7) is 8.44. The smallest absolute Gasteiger partial charge is 0.337 e. The summed E-state index contributed by atoms with van der Waals surface area (Å²) in [5.41, 5.74) is 4.07. The van der Waals surface area contributed by atoms with Crippen LogP contribution in [-0.4, -0.2) is 23.0 Å². The SMILES string of the molecule is COC(=O)c1ccc2nc(C(C)C)c(C(C)C)nc2c1. The van der Waals surface area contributed by atoms with E-state index < -0.39 is 0 Å². The van der Waals surface area contributed by atoms with Crippen molar-refractivity contribution in [2.45, 2.75) is 39.5 Å². The zero-order valence-electron chi connectivity index (χ0n) is 12.6. The molecule has 2 rings (SSSR count). The van der Waals surface area contributed by atoms with Crippen LogP contribution in [0, 0.1) is 0 Å². The van der Waals surface area contributed by atoms with Crippen molar-refractivity contribution >= 4 is 17.0 Å². The summed E-state index contributed by atoms with van der Waals surface area (Å²) < 4.78 is 4.74. The molecular formula is C16H20N2O2. The normalized spacial score (nSPS) is 11.3. The van der Waals surface area contributed by atoms with Crippen molar-refractivity contribution in [2.75, 3.05) is 7.11 Å². The molecule has 0 saturated heterocycles. The van der Waals surface area contributed by atoms with Crippen LogP contribution in [0.25, 0.3) is 11.0 Å². The lowest BCUT2D eigenvalue weighted by Gasteiger charge is -2.15. The summed E-state index contributed by atoms with van der Waals surface area (Å²) in [7, 11) is 1.37. The zero-order valence-corrected chi connectivity index (χ0v) is 12.6. The van der Waals surface area contributed by atoms with Gasteiger partial charge in [-0.1, -0.05) is 27.7 Å². The number of hydrogen-bond donors (Lipinski definition) is 0. The van der Waals surface area contributed by atoms with Crippen LogP contribution in [0.2, 0.25) is 0 Å². The molecule has 4 heteroatoms. The molecule has 0 saturated carbocycles. The number of ether oxygens (including phenoxy) is 1. The van der Waals surface area contributed by atoms with Gasteiger partial charge in [0.2, 0.25) is 0 Å². The molecule has 0 aliphatic carbocycles. The van der Waals surface area contributed by atoms with Gasteiger partial charge in [0.1, 0.15) is 0 Å². The summed E-state index contributed by atoms with van der Waals surface area (Å²) in [5, 5.41) is 0. The third kappa shape index (κ3) is 2.64. The first kappa shape index (κ1) is 14.4. The van der Waals surface area contributed by atoms with E-state index in [4.69, 9.17) is 14.7 Å². The number of fused-ring (bicyclic) bond motifs is 1. The van der Waals surface area contributed by atoms with Gasteiger partial charge in [-0.15, -0.1) is 0 Å². The zero-order chi connectivity index (χ0) is 14.9. The second kappa shape index (κ2) is 5.57. The van der Waals surface area contributed by atoms with Gasteiger partial charge >= 0.3 is 5.97 Å². The molecule has 106 valence electrons. The predicted molar refractivity (Wildman–Crippen MR) is 79.1 cm³/mol. The van der Waals surface area contributed by atoms with Crippen molar-refractivity contribution < 1.29 is 9.53 Å². The second-order valence-corrected chi connectivity index (χ2v) is 5.50. The van der Waals surface area contributed by atoms with Gasteiger partial charge in [0.05, 0.1) is 35.1 Å². The summed E-state index contributed by atoms with van der Waals surface area (Å²) >= 11 is 0. The Kier molecular flexibility index (Phi) is 4.02. The minimum Gasteiger partial charge on any atom is -0.465 e. The minimum absolute atomic E-state index is 0.297. The first-order valence-corrected chi connectivity index (χ1v) is 6.84.